The first kappa shape index (κ1) is 10.5. The van der Waals surface area contributed by atoms with Crippen molar-refractivity contribution in [2.24, 2.45) is 5.92 Å². The van der Waals surface area contributed by atoms with Crippen LogP contribution in [-0.2, 0) is 6.42 Å². The summed E-state index contributed by atoms with van der Waals surface area (Å²) in [7, 11) is 0. The molecule has 0 bridgehead atoms. The highest BCUT2D eigenvalue weighted by Gasteiger charge is 2.17. The molecule has 0 spiro atoms. The highest BCUT2D eigenvalue weighted by atomic mass is 16.3. The fourth-order valence-electron chi connectivity index (χ4n) is 2.29. The van der Waals surface area contributed by atoms with Crippen molar-refractivity contribution in [3.63, 3.8) is 0 Å². The van der Waals surface area contributed by atoms with E-state index in [2.05, 4.69) is 12.2 Å². The summed E-state index contributed by atoms with van der Waals surface area (Å²) < 4.78 is 0. The molecule has 0 saturated carbocycles. The molecule has 0 radical (unpaired) electrons. The van der Waals surface area contributed by atoms with Gasteiger partial charge in [-0.05, 0) is 49.4 Å². The third-order valence-electron chi connectivity index (χ3n) is 3.18. The van der Waals surface area contributed by atoms with E-state index in [1.807, 2.05) is 12.1 Å². The lowest BCUT2D eigenvalue weighted by Crippen LogP contribution is -2.38. The zero-order valence-corrected chi connectivity index (χ0v) is 9.24. The van der Waals surface area contributed by atoms with Crippen molar-refractivity contribution in [3.05, 3.63) is 29.8 Å². The first-order valence-corrected chi connectivity index (χ1v) is 5.75. The Labute approximate surface area is 91.3 Å². The maximum Gasteiger partial charge on any atom is 0.115 e. The fourth-order valence-corrected chi connectivity index (χ4v) is 2.29. The Balaban J connectivity index is 1.93. The molecule has 1 aliphatic rings. The second-order valence-electron chi connectivity index (χ2n) is 4.65. The van der Waals surface area contributed by atoms with Crippen LogP contribution in [-0.4, -0.2) is 17.7 Å². The number of phenols is 1. The van der Waals surface area contributed by atoms with Crippen molar-refractivity contribution >= 4 is 0 Å². The number of benzene rings is 1. The molecule has 2 unspecified atom stereocenters. The van der Waals surface area contributed by atoms with Gasteiger partial charge < -0.3 is 10.4 Å². The molecule has 2 N–H and O–H groups in total. The van der Waals surface area contributed by atoms with E-state index in [0.29, 0.717) is 11.8 Å². The molecular weight excluding hydrogens is 186 g/mol. The molecule has 1 aromatic carbocycles. The van der Waals surface area contributed by atoms with E-state index < -0.39 is 0 Å². The van der Waals surface area contributed by atoms with E-state index in [1.165, 1.54) is 18.4 Å². The second-order valence-corrected chi connectivity index (χ2v) is 4.65. The van der Waals surface area contributed by atoms with Crippen LogP contribution in [0, 0.1) is 5.92 Å². The zero-order chi connectivity index (χ0) is 10.7. The molecular formula is C13H19NO. The van der Waals surface area contributed by atoms with Gasteiger partial charge in [0.15, 0.2) is 0 Å². The van der Waals surface area contributed by atoms with Gasteiger partial charge in [-0.25, -0.2) is 0 Å². The number of rotatable bonds is 2. The van der Waals surface area contributed by atoms with Crippen molar-refractivity contribution in [3.8, 4) is 5.75 Å². The van der Waals surface area contributed by atoms with Gasteiger partial charge in [-0.2, -0.15) is 0 Å². The topological polar surface area (TPSA) is 32.3 Å². The van der Waals surface area contributed by atoms with Crippen LogP contribution in [0.3, 0.4) is 0 Å². The van der Waals surface area contributed by atoms with E-state index in [9.17, 15) is 5.11 Å². The lowest BCUT2D eigenvalue weighted by atomic mass is 9.90. The number of hydrogen-bond donors (Lipinski definition) is 2. The number of aromatic hydroxyl groups is 1. The van der Waals surface area contributed by atoms with Crippen molar-refractivity contribution in [2.75, 3.05) is 6.54 Å². The predicted molar refractivity (Wildman–Crippen MR) is 62.0 cm³/mol. The molecule has 2 heteroatoms. The van der Waals surface area contributed by atoms with Gasteiger partial charge in [0.2, 0.25) is 0 Å². The second kappa shape index (κ2) is 4.67. The monoisotopic (exact) mass is 205 g/mol. The lowest BCUT2D eigenvalue weighted by Gasteiger charge is -2.28. The molecule has 2 nitrogen and oxygen atoms in total. The minimum atomic E-state index is 0.351. The zero-order valence-electron chi connectivity index (χ0n) is 9.24. The maximum atomic E-state index is 9.19. The van der Waals surface area contributed by atoms with E-state index in [0.717, 1.165) is 18.9 Å². The molecule has 1 fully saturated rings. The van der Waals surface area contributed by atoms with Crippen molar-refractivity contribution in [2.45, 2.75) is 32.2 Å². The number of hydrogen-bond acceptors (Lipinski definition) is 2. The van der Waals surface area contributed by atoms with Crippen LogP contribution >= 0.6 is 0 Å². The Kier molecular flexibility index (Phi) is 3.27. The highest BCUT2D eigenvalue weighted by molar-refractivity contribution is 5.26. The van der Waals surface area contributed by atoms with Gasteiger partial charge in [-0.1, -0.05) is 19.1 Å². The Morgan fingerprint density at radius 3 is 2.73 bits per heavy atom. The van der Waals surface area contributed by atoms with Gasteiger partial charge in [0.05, 0.1) is 0 Å². The van der Waals surface area contributed by atoms with Crippen LogP contribution in [0.2, 0.25) is 0 Å². The average Bonchev–Trinajstić information content (AvgIpc) is 2.22. The molecule has 1 aliphatic heterocycles. The highest BCUT2D eigenvalue weighted by Crippen LogP contribution is 2.19. The Morgan fingerprint density at radius 2 is 2.07 bits per heavy atom. The summed E-state index contributed by atoms with van der Waals surface area (Å²) in [5.41, 5.74) is 1.31. The first-order valence-electron chi connectivity index (χ1n) is 5.75. The summed E-state index contributed by atoms with van der Waals surface area (Å²) in [6, 6.07) is 8.16. The third kappa shape index (κ3) is 2.96. The smallest absolute Gasteiger partial charge is 0.115 e. The van der Waals surface area contributed by atoms with Crippen LogP contribution in [0.15, 0.2) is 24.3 Å². The Bertz CT molecular complexity index is 307. The van der Waals surface area contributed by atoms with Gasteiger partial charge in [-0.15, -0.1) is 0 Å². The van der Waals surface area contributed by atoms with Crippen molar-refractivity contribution in [1.29, 1.82) is 0 Å². The molecule has 2 atom stereocenters. The summed E-state index contributed by atoms with van der Waals surface area (Å²) in [6.07, 6.45) is 3.64. The molecule has 0 aromatic heterocycles. The SMILES string of the molecule is CC1CCNC(Cc2ccc(O)cc2)C1. The molecule has 0 aliphatic carbocycles. The maximum absolute atomic E-state index is 9.19. The van der Waals surface area contributed by atoms with Gasteiger partial charge in [-0.3, -0.25) is 0 Å². The summed E-state index contributed by atoms with van der Waals surface area (Å²) in [5, 5.41) is 12.7. The summed E-state index contributed by atoms with van der Waals surface area (Å²) in [5.74, 6) is 1.19. The molecule has 1 saturated heterocycles. The fraction of sp³-hybridized carbons (Fsp3) is 0.538. The molecule has 15 heavy (non-hydrogen) atoms. The standard InChI is InChI=1S/C13H19NO/c1-10-6-7-14-12(8-10)9-11-2-4-13(15)5-3-11/h2-5,10,12,14-15H,6-9H2,1H3. The summed E-state index contributed by atoms with van der Waals surface area (Å²) in [4.78, 5) is 0. The minimum absolute atomic E-state index is 0.351. The molecule has 1 heterocycles. The van der Waals surface area contributed by atoms with Gasteiger partial charge in [0.1, 0.15) is 5.75 Å². The Hall–Kier alpha value is -1.02. The number of piperidine rings is 1. The van der Waals surface area contributed by atoms with Crippen molar-refractivity contribution < 1.29 is 5.11 Å². The molecule has 0 amide bonds. The molecule has 82 valence electrons. The molecule has 2 rings (SSSR count). The van der Waals surface area contributed by atoms with Gasteiger partial charge in [0, 0.05) is 6.04 Å². The minimum Gasteiger partial charge on any atom is -0.508 e. The summed E-state index contributed by atoms with van der Waals surface area (Å²) >= 11 is 0. The number of phenolic OH excluding ortho intramolecular Hbond substituents is 1. The van der Waals surface area contributed by atoms with Crippen LogP contribution < -0.4 is 5.32 Å². The average molecular weight is 205 g/mol. The normalized spacial score (nSPS) is 26.5. The van der Waals surface area contributed by atoms with Crippen LogP contribution in [0.1, 0.15) is 25.3 Å². The number of nitrogens with one attached hydrogen (secondary N) is 1. The third-order valence-corrected chi connectivity index (χ3v) is 3.18. The molecule has 1 aromatic rings. The van der Waals surface area contributed by atoms with E-state index in [1.54, 1.807) is 12.1 Å². The first-order chi connectivity index (χ1) is 7.24. The van der Waals surface area contributed by atoms with E-state index in [-0.39, 0.29) is 0 Å². The van der Waals surface area contributed by atoms with Crippen LogP contribution in [0.5, 0.6) is 5.75 Å². The van der Waals surface area contributed by atoms with Crippen LogP contribution in [0.4, 0.5) is 0 Å². The summed E-state index contributed by atoms with van der Waals surface area (Å²) in [6.45, 7) is 3.47. The van der Waals surface area contributed by atoms with E-state index in [4.69, 9.17) is 0 Å². The Morgan fingerprint density at radius 1 is 1.33 bits per heavy atom. The van der Waals surface area contributed by atoms with Gasteiger partial charge in [0.25, 0.3) is 0 Å². The largest absolute Gasteiger partial charge is 0.508 e. The van der Waals surface area contributed by atoms with Crippen molar-refractivity contribution in [1.82, 2.24) is 5.32 Å². The van der Waals surface area contributed by atoms with Crippen LogP contribution in [0.25, 0.3) is 0 Å². The lowest BCUT2D eigenvalue weighted by molar-refractivity contribution is 0.318. The van der Waals surface area contributed by atoms with E-state index >= 15 is 0 Å². The predicted octanol–water partition coefficient (Wildman–Crippen LogP) is 2.32. The van der Waals surface area contributed by atoms with Gasteiger partial charge >= 0.3 is 0 Å². The quantitative estimate of drug-likeness (QED) is 0.776.